The van der Waals surface area contributed by atoms with E-state index in [1.807, 2.05) is 0 Å². The van der Waals surface area contributed by atoms with Crippen LogP contribution in [-0.4, -0.2) is 12.3 Å². The largest absolute Gasteiger partial charge is 0.289 e. The van der Waals surface area contributed by atoms with Gasteiger partial charge in [0, 0.05) is 21.4 Å². The lowest BCUT2D eigenvalue weighted by Gasteiger charge is -2.02. The Balaban J connectivity index is 2.39. The van der Waals surface area contributed by atoms with Crippen molar-refractivity contribution in [2.75, 3.05) is 6.54 Å². The molecule has 1 aliphatic rings. The molecule has 2 heteroatoms. The van der Waals surface area contributed by atoms with Gasteiger partial charge in [-0.25, -0.2) is 0 Å². The number of hydrogen-bond donors (Lipinski definition) is 0. The van der Waals surface area contributed by atoms with E-state index < -0.39 is 0 Å². The molecule has 0 atom stereocenters. The van der Waals surface area contributed by atoms with Gasteiger partial charge in [-0.05, 0) is 41.5 Å². The molecule has 0 aliphatic carbocycles. The molecule has 1 aromatic carbocycles. The fourth-order valence-corrected chi connectivity index (χ4v) is 2.15. The summed E-state index contributed by atoms with van der Waals surface area (Å²) in [7, 11) is 0. The van der Waals surface area contributed by atoms with Crippen molar-refractivity contribution in [3.63, 3.8) is 0 Å². The first-order valence-corrected chi connectivity index (χ1v) is 5.24. The normalized spacial score (nSPS) is 16.2. The number of hydrogen-bond acceptors (Lipinski definition) is 1. The molecule has 0 bridgehead atoms. The van der Waals surface area contributed by atoms with Crippen LogP contribution in [0.5, 0.6) is 0 Å². The maximum Gasteiger partial charge on any atom is 0.0431 e. The van der Waals surface area contributed by atoms with Crippen molar-refractivity contribution < 1.29 is 0 Å². The van der Waals surface area contributed by atoms with E-state index in [9.17, 15) is 0 Å². The maximum atomic E-state index is 4.48. The van der Waals surface area contributed by atoms with Gasteiger partial charge in [0.1, 0.15) is 0 Å². The van der Waals surface area contributed by atoms with Crippen molar-refractivity contribution in [1.29, 1.82) is 0 Å². The predicted molar refractivity (Wildman–Crippen MR) is 59.8 cm³/mol. The lowest BCUT2D eigenvalue weighted by atomic mass is 10.1. The molecule has 0 saturated heterocycles. The number of benzene rings is 1. The molecule has 1 aliphatic heterocycles. The summed E-state index contributed by atoms with van der Waals surface area (Å²) in [6.07, 6.45) is 2.38. The van der Waals surface area contributed by atoms with Gasteiger partial charge in [0.2, 0.25) is 0 Å². The molecular weight excluding hydrogens is 261 g/mol. The Morgan fingerprint density at radius 1 is 1.25 bits per heavy atom. The minimum Gasteiger partial charge on any atom is -0.289 e. The lowest BCUT2D eigenvalue weighted by Crippen LogP contribution is -1.98. The second-order valence-electron chi connectivity index (χ2n) is 2.91. The van der Waals surface area contributed by atoms with Crippen LogP contribution in [0.15, 0.2) is 29.3 Å². The Hall–Kier alpha value is -0.380. The van der Waals surface area contributed by atoms with Gasteiger partial charge in [0.15, 0.2) is 0 Å². The van der Waals surface area contributed by atoms with Crippen LogP contribution in [0.4, 0.5) is 0 Å². The van der Waals surface area contributed by atoms with Gasteiger partial charge < -0.3 is 0 Å². The molecule has 0 amide bonds. The van der Waals surface area contributed by atoms with Crippen molar-refractivity contribution in [3.8, 4) is 0 Å². The molecule has 0 radical (unpaired) electrons. The zero-order chi connectivity index (χ0) is 8.39. The molecule has 12 heavy (non-hydrogen) atoms. The predicted octanol–water partition coefficient (Wildman–Crippen LogP) is 2.87. The number of aliphatic imine (C=N–C) groups is 1. The Morgan fingerprint density at radius 3 is 2.75 bits per heavy atom. The van der Waals surface area contributed by atoms with Crippen LogP contribution in [0.1, 0.15) is 18.4 Å². The summed E-state index contributed by atoms with van der Waals surface area (Å²) in [6, 6.07) is 8.45. The van der Waals surface area contributed by atoms with E-state index in [2.05, 4.69) is 51.8 Å². The van der Waals surface area contributed by atoms with Gasteiger partial charge in [-0.15, -0.1) is 0 Å². The fourth-order valence-electron chi connectivity index (χ4n) is 1.45. The highest BCUT2D eigenvalue weighted by Crippen LogP contribution is 2.18. The van der Waals surface area contributed by atoms with Gasteiger partial charge in [0.05, 0.1) is 0 Å². The van der Waals surface area contributed by atoms with Crippen molar-refractivity contribution in [3.05, 3.63) is 33.4 Å². The second kappa shape index (κ2) is 3.56. The Kier molecular flexibility index (Phi) is 2.44. The average Bonchev–Trinajstić information content (AvgIpc) is 2.57. The van der Waals surface area contributed by atoms with Crippen LogP contribution in [0.25, 0.3) is 0 Å². The van der Waals surface area contributed by atoms with Crippen LogP contribution in [0.3, 0.4) is 0 Å². The third-order valence-electron chi connectivity index (χ3n) is 2.06. The Labute approximate surface area is 86.0 Å². The van der Waals surface area contributed by atoms with Crippen molar-refractivity contribution in [2.45, 2.75) is 12.8 Å². The molecule has 0 aromatic heterocycles. The molecule has 2 rings (SSSR count). The zero-order valence-electron chi connectivity index (χ0n) is 6.76. The van der Waals surface area contributed by atoms with Crippen LogP contribution in [-0.2, 0) is 0 Å². The molecule has 0 N–H and O–H groups in total. The van der Waals surface area contributed by atoms with Crippen molar-refractivity contribution in [1.82, 2.24) is 0 Å². The van der Waals surface area contributed by atoms with Gasteiger partial charge in [-0.3, -0.25) is 4.99 Å². The average molecular weight is 271 g/mol. The summed E-state index contributed by atoms with van der Waals surface area (Å²) in [5.41, 5.74) is 2.62. The smallest absolute Gasteiger partial charge is 0.0431 e. The van der Waals surface area contributed by atoms with Crippen molar-refractivity contribution in [2.24, 2.45) is 4.99 Å². The van der Waals surface area contributed by atoms with Crippen LogP contribution >= 0.6 is 22.6 Å². The van der Waals surface area contributed by atoms with Gasteiger partial charge in [0.25, 0.3) is 0 Å². The van der Waals surface area contributed by atoms with E-state index in [0.717, 1.165) is 13.0 Å². The van der Waals surface area contributed by atoms with Gasteiger partial charge in [-0.1, -0.05) is 18.2 Å². The monoisotopic (exact) mass is 271 g/mol. The summed E-state index contributed by atoms with van der Waals surface area (Å²) in [5, 5.41) is 0. The van der Waals surface area contributed by atoms with Crippen LogP contribution < -0.4 is 0 Å². The zero-order valence-corrected chi connectivity index (χ0v) is 8.91. The topological polar surface area (TPSA) is 12.4 Å². The molecular formula is C10H10IN. The van der Waals surface area contributed by atoms with Crippen molar-refractivity contribution >= 4 is 28.3 Å². The van der Waals surface area contributed by atoms with Crippen LogP contribution in [0, 0.1) is 3.57 Å². The minimum absolute atomic E-state index is 1.01. The summed E-state index contributed by atoms with van der Waals surface area (Å²) in [6.45, 7) is 1.01. The molecule has 0 saturated carbocycles. The number of halogens is 1. The van der Waals surface area contributed by atoms with Crippen LogP contribution in [0.2, 0.25) is 0 Å². The summed E-state index contributed by atoms with van der Waals surface area (Å²) in [4.78, 5) is 4.48. The van der Waals surface area contributed by atoms with E-state index >= 15 is 0 Å². The third kappa shape index (κ3) is 1.53. The molecule has 0 fully saturated rings. The van der Waals surface area contributed by atoms with Gasteiger partial charge in [-0.2, -0.15) is 0 Å². The Bertz CT molecular complexity index is 317. The SMILES string of the molecule is Ic1ccccc1C1=NCCC1. The highest BCUT2D eigenvalue weighted by molar-refractivity contribution is 14.1. The van der Waals surface area contributed by atoms with E-state index in [1.165, 1.54) is 21.3 Å². The Morgan fingerprint density at radius 2 is 2.08 bits per heavy atom. The highest BCUT2D eigenvalue weighted by atomic mass is 127. The van der Waals surface area contributed by atoms with Gasteiger partial charge >= 0.3 is 0 Å². The standard InChI is InChI=1S/C10H10IN/c11-9-5-2-1-4-8(9)10-6-3-7-12-10/h1-2,4-5H,3,6-7H2. The number of nitrogens with zero attached hydrogens (tertiary/aromatic N) is 1. The van der Waals surface area contributed by atoms with E-state index in [4.69, 9.17) is 0 Å². The third-order valence-corrected chi connectivity index (χ3v) is 3.00. The quantitative estimate of drug-likeness (QED) is 0.696. The minimum atomic E-state index is 1.01. The lowest BCUT2D eigenvalue weighted by molar-refractivity contribution is 0.951. The summed E-state index contributed by atoms with van der Waals surface area (Å²) < 4.78 is 1.32. The number of rotatable bonds is 1. The fraction of sp³-hybridized carbons (Fsp3) is 0.300. The van der Waals surface area contributed by atoms with E-state index in [-0.39, 0.29) is 0 Å². The summed E-state index contributed by atoms with van der Waals surface area (Å²) in [5.74, 6) is 0. The van der Waals surface area contributed by atoms with E-state index in [0.29, 0.717) is 0 Å². The molecule has 0 unspecified atom stereocenters. The molecule has 1 heterocycles. The maximum absolute atomic E-state index is 4.48. The first-order chi connectivity index (χ1) is 5.88. The van der Waals surface area contributed by atoms with E-state index in [1.54, 1.807) is 0 Å². The second-order valence-corrected chi connectivity index (χ2v) is 4.07. The molecule has 1 aromatic rings. The first-order valence-electron chi connectivity index (χ1n) is 4.16. The molecule has 0 spiro atoms. The first kappa shape index (κ1) is 8.23. The molecule has 62 valence electrons. The molecule has 1 nitrogen and oxygen atoms in total. The highest BCUT2D eigenvalue weighted by Gasteiger charge is 2.10. The summed E-state index contributed by atoms with van der Waals surface area (Å²) >= 11 is 2.37.